The van der Waals surface area contributed by atoms with Crippen LogP contribution in [-0.2, 0) is 11.3 Å². The van der Waals surface area contributed by atoms with Crippen LogP contribution in [0, 0.1) is 6.92 Å². The van der Waals surface area contributed by atoms with Crippen LogP contribution in [0.4, 0.5) is 0 Å². The Balaban J connectivity index is 1.65. The molecule has 3 aromatic rings. The van der Waals surface area contributed by atoms with E-state index in [1.807, 2.05) is 55.5 Å². The third-order valence-corrected chi connectivity index (χ3v) is 4.20. The van der Waals surface area contributed by atoms with Crippen molar-refractivity contribution in [1.82, 2.24) is 14.7 Å². The Bertz CT molecular complexity index is 967. The fourth-order valence-corrected chi connectivity index (χ4v) is 2.70. The summed E-state index contributed by atoms with van der Waals surface area (Å²) in [5, 5.41) is 5.66. The average molecular weight is 351 g/mol. The summed E-state index contributed by atoms with van der Waals surface area (Å²) < 4.78 is 6.83. The average Bonchev–Trinajstić information content (AvgIpc) is 2.66. The van der Waals surface area contributed by atoms with Gasteiger partial charge in [0, 0.05) is 12.4 Å². The van der Waals surface area contributed by atoms with Gasteiger partial charge in [-0.15, -0.1) is 0 Å². The van der Waals surface area contributed by atoms with E-state index in [2.05, 4.69) is 5.10 Å². The van der Waals surface area contributed by atoms with Crippen molar-refractivity contribution in [3.8, 4) is 5.75 Å². The first-order valence-corrected chi connectivity index (χ1v) is 8.44. The molecule has 0 aliphatic carbocycles. The lowest BCUT2D eigenvalue weighted by Crippen LogP contribution is -2.37. The van der Waals surface area contributed by atoms with Gasteiger partial charge in [0.15, 0.2) is 0 Å². The lowest BCUT2D eigenvalue weighted by Gasteiger charge is -2.18. The van der Waals surface area contributed by atoms with Gasteiger partial charge in [0.05, 0.1) is 17.6 Å². The molecule has 6 heteroatoms. The summed E-state index contributed by atoms with van der Waals surface area (Å²) in [6.45, 7) is 2.55. The van der Waals surface area contributed by atoms with Crippen molar-refractivity contribution in [2.45, 2.75) is 13.5 Å². The van der Waals surface area contributed by atoms with E-state index < -0.39 is 0 Å². The lowest BCUT2D eigenvalue weighted by atomic mass is 10.1. The molecule has 6 nitrogen and oxygen atoms in total. The van der Waals surface area contributed by atoms with Crippen LogP contribution < -0.4 is 10.3 Å². The molecule has 26 heavy (non-hydrogen) atoms. The van der Waals surface area contributed by atoms with E-state index in [-0.39, 0.29) is 18.0 Å². The van der Waals surface area contributed by atoms with Crippen molar-refractivity contribution < 1.29 is 9.53 Å². The summed E-state index contributed by atoms with van der Waals surface area (Å²) in [5.41, 5.74) is 0.469. The second-order valence-electron chi connectivity index (χ2n) is 6.07. The molecule has 0 radical (unpaired) electrons. The van der Waals surface area contributed by atoms with E-state index in [0.29, 0.717) is 18.5 Å². The minimum absolute atomic E-state index is 0.0909. The highest BCUT2D eigenvalue weighted by molar-refractivity contribution is 5.83. The third-order valence-electron chi connectivity index (χ3n) is 4.20. The molecule has 0 atom stereocenters. The van der Waals surface area contributed by atoms with Gasteiger partial charge < -0.3 is 9.64 Å². The van der Waals surface area contributed by atoms with E-state index in [1.165, 1.54) is 4.68 Å². The fraction of sp³-hybridized carbons (Fsp3) is 0.250. The predicted molar refractivity (Wildman–Crippen MR) is 100 cm³/mol. The van der Waals surface area contributed by atoms with Crippen molar-refractivity contribution in [3.63, 3.8) is 0 Å². The largest absolute Gasteiger partial charge is 0.492 e. The number of hydrogen-bond acceptors (Lipinski definition) is 4. The summed E-state index contributed by atoms with van der Waals surface area (Å²) in [7, 11) is 1.69. The van der Waals surface area contributed by atoms with Gasteiger partial charge in [0.25, 0.3) is 5.56 Å². The number of benzene rings is 2. The fourth-order valence-electron chi connectivity index (χ4n) is 2.70. The van der Waals surface area contributed by atoms with E-state index in [1.54, 1.807) is 18.0 Å². The van der Waals surface area contributed by atoms with Gasteiger partial charge in [-0.25, -0.2) is 4.68 Å². The molecule has 0 aliphatic rings. The molecule has 0 saturated heterocycles. The summed E-state index contributed by atoms with van der Waals surface area (Å²) in [4.78, 5) is 26.5. The number of hydrogen-bond donors (Lipinski definition) is 0. The molecule has 0 unspecified atom stereocenters. The molecular weight excluding hydrogens is 330 g/mol. The first-order valence-electron chi connectivity index (χ1n) is 8.44. The number of aromatic nitrogens is 2. The molecule has 0 aliphatic heterocycles. The van der Waals surface area contributed by atoms with E-state index in [0.717, 1.165) is 16.8 Å². The zero-order valence-corrected chi connectivity index (χ0v) is 14.9. The van der Waals surface area contributed by atoms with Gasteiger partial charge in [0.1, 0.15) is 18.9 Å². The molecule has 2 aromatic carbocycles. The van der Waals surface area contributed by atoms with Crippen LogP contribution in [0.2, 0.25) is 0 Å². The summed E-state index contributed by atoms with van der Waals surface area (Å²) >= 11 is 0. The van der Waals surface area contributed by atoms with Crippen molar-refractivity contribution in [1.29, 1.82) is 0 Å². The number of likely N-dealkylation sites (N-methyl/N-ethyl adjacent to an activating group) is 1. The Labute approximate surface area is 151 Å². The monoisotopic (exact) mass is 351 g/mol. The van der Waals surface area contributed by atoms with E-state index in [9.17, 15) is 9.59 Å². The number of amides is 1. The number of aryl methyl sites for hydroxylation is 1. The summed E-state index contributed by atoms with van der Waals surface area (Å²) in [5.74, 6) is 0.572. The smallest absolute Gasteiger partial charge is 0.275 e. The van der Waals surface area contributed by atoms with Gasteiger partial charge >= 0.3 is 0 Å². The van der Waals surface area contributed by atoms with Crippen LogP contribution in [0.5, 0.6) is 5.75 Å². The van der Waals surface area contributed by atoms with Crippen LogP contribution in [0.15, 0.2) is 59.4 Å². The Hall–Kier alpha value is -3.15. The van der Waals surface area contributed by atoms with Gasteiger partial charge in [-0.05, 0) is 25.1 Å². The molecule has 0 N–H and O–H groups in total. The van der Waals surface area contributed by atoms with Crippen molar-refractivity contribution >= 4 is 16.7 Å². The number of rotatable bonds is 6. The number of carbonyl (C=O) groups excluding carboxylic acids is 1. The number of ether oxygens (including phenoxy) is 1. The van der Waals surface area contributed by atoms with Crippen LogP contribution in [-0.4, -0.2) is 40.8 Å². The van der Waals surface area contributed by atoms with Gasteiger partial charge in [0.2, 0.25) is 5.91 Å². The maximum absolute atomic E-state index is 12.5. The number of carbonyl (C=O) groups is 1. The predicted octanol–water partition coefficient (Wildman–Crippen LogP) is 2.24. The van der Waals surface area contributed by atoms with Crippen molar-refractivity contribution in [2.75, 3.05) is 20.2 Å². The normalized spacial score (nSPS) is 10.7. The number of nitrogens with zero attached hydrogens (tertiary/aromatic N) is 3. The Kier molecular flexibility index (Phi) is 5.31. The molecule has 1 aromatic heterocycles. The number of para-hydroxylation sites is 1. The minimum atomic E-state index is -0.256. The quantitative estimate of drug-likeness (QED) is 0.683. The molecule has 1 heterocycles. The van der Waals surface area contributed by atoms with Crippen LogP contribution >= 0.6 is 0 Å². The van der Waals surface area contributed by atoms with Crippen molar-refractivity contribution in [2.24, 2.45) is 0 Å². The Morgan fingerprint density at radius 3 is 2.46 bits per heavy atom. The SMILES string of the molecule is Cc1nn(CC(=O)N(C)CCOc2ccccc2)c(=O)c2ccccc12. The first kappa shape index (κ1) is 17.7. The molecule has 3 rings (SSSR count). The second kappa shape index (κ2) is 7.82. The van der Waals surface area contributed by atoms with Crippen LogP contribution in [0.25, 0.3) is 10.8 Å². The highest BCUT2D eigenvalue weighted by Crippen LogP contribution is 2.12. The zero-order valence-electron chi connectivity index (χ0n) is 14.9. The highest BCUT2D eigenvalue weighted by Gasteiger charge is 2.14. The standard InChI is InChI=1S/C20H21N3O3/c1-15-17-10-6-7-11-18(17)20(25)23(21-15)14-19(24)22(2)12-13-26-16-8-4-3-5-9-16/h3-11H,12-14H2,1-2H3. The molecular formula is C20H21N3O3. The van der Waals surface area contributed by atoms with Crippen LogP contribution in [0.3, 0.4) is 0 Å². The lowest BCUT2D eigenvalue weighted by molar-refractivity contribution is -0.131. The van der Waals surface area contributed by atoms with Gasteiger partial charge in [-0.3, -0.25) is 9.59 Å². The Morgan fingerprint density at radius 2 is 1.73 bits per heavy atom. The van der Waals surface area contributed by atoms with Crippen molar-refractivity contribution in [3.05, 3.63) is 70.6 Å². The summed E-state index contributed by atoms with van der Waals surface area (Å²) in [6.07, 6.45) is 0. The maximum Gasteiger partial charge on any atom is 0.275 e. The Morgan fingerprint density at radius 1 is 1.08 bits per heavy atom. The molecule has 1 amide bonds. The summed E-state index contributed by atoms with van der Waals surface area (Å²) in [6, 6.07) is 16.7. The second-order valence-corrected chi connectivity index (χ2v) is 6.07. The number of fused-ring (bicyclic) bond motifs is 1. The molecule has 0 saturated carbocycles. The zero-order chi connectivity index (χ0) is 18.5. The van der Waals surface area contributed by atoms with Crippen LogP contribution in [0.1, 0.15) is 5.69 Å². The van der Waals surface area contributed by atoms with Gasteiger partial charge in [-0.1, -0.05) is 36.4 Å². The van der Waals surface area contributed by atoms with E-state index >= 15 is 0 Å². The topological polar surface area (TPSA) is 64.4 Å². The molecule has 0 spiro atoms. The molecule has 134 valence electrons. The highest BCUT2D eigenvalue weighted by atomic mass is 16.5. The minimum Gasteiger partial charge on any atom is -0.492 e. The molecule has 0 bridgehead atoms. The van der Waals surface area contributed by atoms with Gasteiger partial charge in [-0.2, -0.15) is 5.10 Å². The van der Waals surface area contributed by atoms with E-state index in [4.69, 9.17) is 4.74 Å². The first-order chi connectivity index (χ1) is 12.6. The third kappa shape index (κ3) is 3.91. The maximum atomic E-state index is 12.5. The molecule has 0 fully saturated rings.